The molecule has 1 aliphatic heterocycles. The Hall–Kier alpha value is -0.410. The number of ketones is 1. The van der Waals surface area contributed by atoms with Crippen LogP contribution in [-0.2, 0) is 14.3 Å². The normalized spacial score (nSPS) is 42.7. The third-order valence-corrected chi connectivity index (χ3v) is 2.16. The van der Waals surface area contributed by atoms with Crippen molar-refractivity contribution in [2.24, 2.45) is 0 Å². The van der Waals surface area contributed by atoms with E-state index in [1.807, 2.05) is 13.8 Å². The van der Waals surface area contributed by atoms with Crippen molar-refractivity contribution in [3.05, 3.63) is 0 Å². The highest BCUT2D eigenvalue weighted by Gasteiger charge is 2.39. The van der Waals surface area contributed by atoms with Crippen molar-refractivity contribution < 1.29 is 14.3 Å². The van der Waals surface area contributed by atoms with Gasteiger partial charge in [-0.15, -0.1) is 0 Å². The number of Topliss-reactive ketones (excluding diaryl/α,β-unsaturated/α-hetero) is 1. The minimum atomic E-state index is -1.02. The molecular weight excluding hydrogens is 156 g/mol. The molecule has 3 atom stereocenters. The zero-order valence-corrected chi connectivity index (χ0v) is 8.09. The summed E-state index contributed by atoms with van der Waals surface area (Å²) in [6.45, 7) is 7.09. The molecule has 3 nitrogen and oxygen atoms in total. The summed E-state index contributed by atoms with van der Waals surface area (Å²) in [6, 6.07) is 0. The lowest BCUT2D eigenvalue weighted by Crippen LogP contribution is -2.49. The predicted molar refractivity (Wildman–Crippen MR) is 44.8 cm³/mol. The minimum Gasteiger partial charge on any atom is -0.341 e. The van der Waals surface area contributed by atoms with E-state index in [0.29, 0.717) is 0 Å². The second-order valence-electron chi connectivity index (χ2n) is 3.59. The van der Waals surface area contributed by atoms with E-state index >= 15 is 0 Å². The molecule has 1 heterocycles. The molecule has 0 aromatic carbocycles. The van der Waals surface area contributed by atoms with Crippen molar-refractivity contribution in [1.29, 1.82) is 0 Å². The van der Waals surface area contributed by atoms with Crippen LogP contribution in [-0.4, -0.2) is 23.8 Å². The van der Waals surface area contributed by atoms with Crippen LogP contribution in [0.3, 0.4) is 0 Å². The highest BCUT2D eigenvalue weighted by molar-refractivity contribution is 5.83. The van der Waals surface area contributed by atoms with Crippen LogP contribution >= 0.6 is 0 Å². The molecule has 0 aromatic rings. The fourth-order valence-corrected chi connectivity index (χ4v) is 1.53. The summed E-state index contributed by atoms with van der Waals surface area (Å²) in [5, 5.41) is 0. The number of carbonyl (C=O) groups excluding carboxylic acids is 1. The molecule has 1 rings (SSSR count). The van der Waals surface area contributed by atoms with E-state index in [2.05, 4.69) is 0 Å². The Labute approximate surface area is 73.0 Å². The van der Waals surface area contributed by atoms with Crippen LogP contribution < -0.4 is 0 Å². The Bertz CT molecular complexity index is 178. The van der Waals surface area contributed by atoms with Crippen LogP contribution in [0.15, 0.2) is 0 Å². The molecule has 0 radical (unpaired) electrons. The molecule has 1 unspecified atom stereocenters. The maximum Gasteiger partial charge on any atom is 0.226 e. The number of ether oxygens (including phenoxy) is 2. The van der Waals surface area contributed by atoms with E-state index in [9.17, 15) is 4.79 Å². The van der Waals surface area contributed by atoms with E-state index in [-0.39, 0.29) is 18.0 Å². The zero-order chi connectivity index (χ0) is 9.35. The summed E-state index contributed by atoms with van der Waals surface area (Å²) in [5.41, 5.74) is 0. The number of carbonyl (C=O) groups is 1. The molecule has 0 saturated carbocycles. The van der Waals surface area contributed by atoms with E-state index in [1.165, 1.54) is 6.92 Å². The first-order valence-electron chi connectivity index (χ1n) is 4.30. The van der Waals surface area contributed by atoms with Crippen LogP contribution in [0.25, 0.3) is 0 Å². The summed E-state index contributed by atoms with van der Waals surface area (Å²) < 4.78 is 10.9. The Morgan fingerprint density at radius 3 is 2.08 bits per heavy atom. The van der Waals surface area contributed by atoms with Crippen LogP contribution in [0.1, 0.15) is 34.1 Å². The molecule has 1 aliphatic rings. The lowest BCUT2D eigenvalue weighted by atomic mass is 10.1. The van der Waals surface area contributed by atoms with Gasteiger partial charge in [-0.05, 0) is 27.2 Å². The van der Waals surface area contributed by atoms with Gasteiger partial charge < -0.3 is 9.47 Å². The summed E-state index contributed by atoms with van der Waals surface area (Å²) >= 11 is 0. The monoisotopic (exact) mass is 172 g/mol. The Balaban J connectivity index is 2.71. The Morgan fingerprint density at radius 1 is 1.33 bits per heavy atom. The minimum absolute atomic E-state index is 0.0686. The van der Waals surface area contributed by atoms with Gasteiger partial charge in [-0.25, -0.2) is 0 Å². The summed E-state index contributed by atoms with van der Waals surface area (Å²) in [6.07, 6.45) is 1.05. The van der Waals surface area contributed by atoms with Crippen LogP contribution in [0.4, 0.5) is 0 Å². The highest BCUT2D eigenvalue weighted by Crippen LogP contribution is 2.27. The fourth-order valence-electron chi connectivity index (χ4n) is 1.53. The lowest BCUT2D eigenvalue weighted by molar-refractivity contribution is -0.284. The van der Waals surface area contributed by atoms with Crippen molar-refractivity contribution >= 4 is 5.78 Å². The van der Waals surface area contributed by atoms with Crippen LogP contribution in [0.2, 0.25) is 0 Å². The molecular formula is C9H16O3. The van der Waals surface area contributed by atoms with Gasteiger partial charge in [-0.3, -0.25) is 4.79 Å². The maximum atomic E-state index is 11.2. The molecule has 0 aromatic heterocycles. The van der Waals surface area contributed by atoms with Gasteiger partial charge in [0.1, 0.15) is 0 Å². The molecule has 70 valence electrons. The topological polar surface area (TPSA) is 35.5 Å². The SMILES string of the molecule is CC(=O)C1(C)O[C@H](C)C[C@H](C)O1. The second kappa shape index (κ2) is 3.15. The first-order chi connectivity index (χ1) is 5.44. The molecule has 0 amide bonds. The van der Waals surface area contributed by atoms with Gasteiger partial charge in [0, 0.05) is 6.92 Å². The average Bonchev–Trinajstić information content (AvgIpc) is 1.82. The van der Waals surface area contributed by atoms with E-state index in [4.69, 9.17) is 9.47 Å². The van der Waals surface area contributed by atoms with Gasteiger partial charge >= 0.3 is 0 Å². The highest BCUT2D eigenvalue weighted by atomic mass is 16.7. The molecule has 0 N–H and O–H groups in total. The molecule has 1 fully saturated rings. The van der Waals surface area contributed by atoms with Crippen LogP contribution in [0.5, 0.6) is 0 Å². The van der Waals surface area contributed by atoms with Gasteiger partial charge in [0.2, 0.25) is 5.79 Å². The van der Waals surface area contributed by atoms with Gasteiger partial charge in [0.25, 0.3) is 0 Å². The van der Waals surface area contributed by atoms with Crippen molar-refractivity contribution in [2.75, 3.05) is 0 Å². The van der Waals surface area contributed by atoms with E-state index < -0.39 is 5.79 Å². The smallest absolute Gasteiger partial charge is 0.226 e. The van der Waals surface area contributed by atoms with Crippen molar-refractivity contribution in [1.82, 2.24) is 0 Å². The molecule has 12 heavy (non-hydrogen) atoms. The summed E-state index contributed by atoms with van der Waals surface area (Å²) in [7, 11) is 0. The first kappa shape index (κ1) is 9.68. The zero-order valence-electron chi connectivity index (χ0n) is 8.09. The largest absolute Gasteiger partial charge is 0.341 e. The maximum absolute atomic E-state index is 11.2. The van der Waals surface area contributed by atoms with Gasteiger partial charge in [0.15, 0.2) is 5.78 Å². The van der Waals surface area contributed by atoms with E-state index in [0.717, 1.165) is 6.42 Å². The van der Waals surface area contributed by atoms with E-state index in [1.54, 1.807) is 6.92 Å². The van der Waals surface area contributed by atoms with Crippen molar-refractivity contribution in [3.63, 3.8) is 0 Å². The van der Waals surface area contributed by atoms with Crippen LogP contribution in [0, 0.1) is 0 Å². The first-order valence-corrected chi connectivity index (χ1v) is 4.30. The lowest BCUT2D eigenvalue weighted by Gasteiger charge is -2.38. The van der Waals surface area contributed by atoms with Gasteiger partial charge in [-0.1, -0.05) is 0 Å². The molecule has 0 aliphatic carbocycles. The van der Waals surface area contributed by atoms with Gasteiger partial charge in [-0.2, -0.15) is 0 Å². The number of rotatable bonds is 1. The average molecular weight is 172 g/mol. The van der Waals surface area contributed by atoms with Crippen molar-refractivity contribution in [3.8, 4) is 0 Å². The Kier molecular flexibility index (Phi) is 2.54. The molecule has 3 heteroatoms. The second-order valence-corrected chi connectivity index (χ2v) is 3.59. The number of hydrogen-bond acceptors (Lipinski definition) is 3. The fraction of sp³-hybridized carbons (Fsp3) is 0.889. The molecule has 1 saturated heterocycles. The van der Waals surface area contributed by atoms with Crippen molar-refractivity contribution in [2.45, 2.75) is 52.1 Å². The predicted octanol–water partition coefficient (Wildman–Crippen LogP) is 1.51. The third kappa shape index (κ3) is 1.84. The standard InChI is InChI=1S/C9H16O3/c1-6-5-7(2)12-9(4,11-6)8(3)10/h6-7H,5H2,1-4H3/t6-,7+,9?. The summed E-state index contributed by atoms with van der Waals surface area (Å²) in [4.78, 5) is 11.2. The van der Waals surface area contributed by atoms with Gasteiger partial charge in [0.05, 0.1) is 12.2 Å². The summed E-state index contributed by atoms with van der Waals surface area (Å²) in [5.74, 6) is -1.09. The third-order valence-electron chi connectivity index (χ3n) is 2.16. The quantitative estimate of drug-likeness (QED) is 0.601. The molecule has 0 spiro atoms. The molecule has 0 bridgehead atoms. The Morgan fingerprint density at radius 2 is 1.75 bits per heavy atom. The number of hydrogen-bond donors (Lipinski definition) is 0.